The predicted octanol–water partition coefficient (Wildman–Crippen LogP) is 2.64. The van der Waals surface area contributed by atoms with E-state index in [1.807, 2.05) is 43.2 Å². The van der Waals surface area contributed by atoms with Crippen molar-refractivity contribution in [3.63, 3.8) is 0 Å². The van der Waals surface area contributed by atoms with Crippen LogP contribution in [-0.2, 0) is 18.4 Å². The van der Waals surface area contributed by atoms with Crippen LogP contribution in [0.5, 0.6) is 0 Å². The van der Waals surface area contributed by atoms with Crippen LogP contribution in [0.2, 0.25) is 0 Å². The molecule has 1 N–H and O–H groups in total. The maximum absolute atomic E-state index is 5.85. The van der Waals surface area contributed by atoms with Gasteiger partial charge in [-0.1, -0.05) is 37.3 Å². The Morgan fingerprint density at radius 2 is 2.19 bits per heavy atom. The number of benzene rings is 1. The zero-order valence-corrected chi connectivity index (χ0v) is 16.6. The Balaban J connectivity index is 1.40. The van der Waals surface area contributed by atoms with Crippen LogP contribution in [0.15, 0.2) is 47.7 Å². The van der Waals surface area contributed by atoms with E-state index in [1.165, 1.54) is 11.1 Å². The summed E-state index contributed by atoms with van der Waals surface area (Å²) in [6.07, 6.45) is 5.25. The van der Waals surface area contributed by atoms with Crippen LogP contribution in [0.3, 0.4) is 0 Å². The summed E-state index contributed by atoms with van der Waals surface area (Å²) in [5.74, 6) is 1.93. The Morgan fingerprint density at radius 3 is 2.89 bits per heavy atom. The Bertz CT molecular complexity index is 727. The lowest BCUT2D eigenvalue weighted by Gasteiger charge is -2.23. The van der Waals surface area contributed by atoms with Crippen molar-refractivity contribution < 1.29 is 4.74 Å². The number of guanidine groups is 1. The molecule has 27 heavy (non-hydrogen) atoms. The van der Waals surface area contributed by atoms with E-state index >= 15 is 0 Å². The smallest absolute Gasteiger partial charge is 0.193 e. The van der Waals surface area contributed by atoms with E-state index in [9.17, 15) is 0 Å². The molecule has 0 amide bonds. The average Bonchev–Trinajstić information content (AvgIpc) is 3.32. The Hall–Kier alpha value is -2.34. The fourth-order valence-electron chi connectivity index (χ4n) is 3.48. The van der Waals surface area contributed by atoms with Crippen LogP contribution >= 0.6 is 0 Å². The number of aryl methyl sites for hydroxylation is 1. The fourth-order valence-corrected chi connectivity index (χ4v) is 3.48. The van der Waals surface area contributed by atoms with Crippen LogP contribution in [0.1, 0.15) is 30.4 Å². The molecule has 2 unspecified atom stereocenters. The second kappa shape index (κ2) is 9.55. The second-order valence-corrected chi connectivity index (χ2v) is 7.41. The van der Waals surface area contributed by atoms with Gasteiger partial charge in [-0.2, -0.15) is 5.10 Å². The van der Waals surface area contributed by atoms with E-state index < -0.39 is 0 Å². The highest BCUT2D eigenvalue weighted by Crippen LogP contribution is 2.26. The fraction of sp³-hybridized carbons (Fsp3) is 0.524. The molecule has 3 rings (SSSR count). The number of aliphatic imine (C=N–C) groups is 1. The first kappa shape index (κ1) is 19.4. The van der Waals surface area contributed by atoms with Gasteiger partial charge in [-0.25, -0.2) is 0 Å². The first-order chi connectivity index (χ1) is 13.2. The van der Waals surface area contributed by atoms with Gasteiger partial charge in [-0.15, -0.1) is 0 Å². The number of ether oxygens (including phenoxy) is 1. The highest BCUT2D eigenvalue weighted by Gasteiger charge is 2.26. The van der Waals surface area contributed by atoms with Crippen LogP contribution in [0.25, 0.3) is 0 Å². The lowest BCUT2D eigenvalue weighted by molar-refractivity contribution is 0.0929. The molecule has 1 aromatic heterocycles. The maximum Gasteiger partial charge on any atom is 0.193 e. The molecule has 0 bridgehead atoms. The first-order valence-electron chi connectivity index (χ1n) is 9.71. The van der Waals surface area contributed by atoms with E-state index in [0.717, 1.165) is 38.6 Å². The molecule has 1 aromatic carbocycles. The molecule has 2 heterocycles. The molecule has 1 aliphatic heterocycles. The third kappa shape index (κ3) is 5.57. The number of aromatic nitrogens is 2. The quantitative estimate of drug-likeness (QED) is 0.602. The van der Waals surface area contributed by atoms with Crippen molar-refractivity contribution in [3.8, 4) is 0 Å². The lowest BCUT2D eigenvalue weighted by atomic mass is 10.0. The molecule has 6 nitrogen and oxygen atoms in total. The molecule has 146 valence electrons. The Morgan fingerprint density at radius 1 is 1.37 bits per heavy atom. The highest BCUT2D eigenvalue weighted by atomic mass is 16.5. The van der Waals surface area contributed by atoms with Gasteiger partial charge < -0.3 is 15.0 Å². The van der Waals surface area contributed by atoms with Gasteiger partial charge in [0, 0.05) is 45.8 Å². The van der Waals surface area contributed by atoms with Crippen LogP contribution < -0.4 is 5.32 Å². The normalized spacial score (nSPS) is 18.7. The van der Waals surface area contributed by atoms with E-state index in [-0.39, 0.29) is 0 Å². The highest BCUT2D eigenvalue weighted by molar-refractivity contribution is 5.80. The van der Waals surface area contributed by atoms with Gasteiger partial charge in [0.15, 0.2) is 5.96 Å². The maximum atomic E-state index is 5.85. The average molecular weight is 370 g/mol. The molecule has 1 aliphatic rings. The monoisotopic (exact) mass is 369 g/mol. The summed E-state index contributed by atoms with van der Waals surface area (Å²) in [5, 5.41) is 7.81. The topological polar surface area (TPSA) is 54.7 Å². The first-order valence-corrected chi connectivity index (χ1v) is 9.71. The van der Waals surface area contributed by atoms with Gasteiger partial charge in [-0.05, 0) is 23.5 Å². The number of hydrogen-bond acceptors (Lipinski definition) is 3. The zero-order valence-electron chi connectivity index (χ0n) is 16.6. The van der Waals surface area contributed by atoms with Crippen molar-refractivity contribution in [3.05, 3.63) is 53.9 Å². The van der Waals surface area contributed by atoms with E-state index in [0.29, 0.717) is 18.4 Å². The minimum absolute atomic E-state index is 0.419. The van der Waals surface area contributed by atoms with Crippen molar-refractivity contribution in [2.45, 2.75) is 25.9 Å². The van der Waals surface area contributed by atoms with E-state index in [2.05, 4.69) is 45.6 Å². The molecule has 6 heteroatoms. The minimum Gasteiger partial charge on any atom is -0.376 e. The summed E-state index contributed by atoms with van der Waals surface area (Å²) in [7, 11) is 3.83. The summed E-state index contributed by atoms with van der Waals surface area (Å²) in [4.78, 5) is 6.82. The summed E-state index contributed by atoms with van der Waals surface area (Å²) >= 11 is 0. The third-order valence-corrected chi connectivity index (χ3v) is 5.02. The molecule has 0 spiro atoms. The molecule has 2 aromatic rings. The van der Waals surface area contributed by atoms with Gasteiger partial charge in [0.05, 0.1) is 19.4 Å². The number of nitrogens with one attached hydrogen (secondary N) is 1. The SMILES string of the molecule is CN=C(NCC(C)COCc1ccccc1)N1CCC(c2cnn(C)c2)C1. The number of rotatable bonds is 7. The van der Waals surface area contributed by atoms with Crippen LogP contribution in [-0.4, -0.2) is 53.9 Å². The summed E-state index contributed by atoms with van der Waals surface area (Å²) < 4.78 is 7.72. The van der Waals surface area contributed by atoms with Gasteiger partial charge in [0.2, 0.25) is 0 Å². The minimum atomic E-state index is 0.419. The lowest BCUT2D eigenvalue weighted by Crippen LogP contribution is -2.42. The number of hydrogen-bond donors (Lipinski definition) is 1. The van der Waals surface area contributed by atoms with Crippen molar-refractivity contribution in [1.29, 1.82) is 0 Å². The van der Waals surface area contributed by atoms with Gasteiger partial charge >= 0.3 is 0 Å². The van der Waals surface area contributed by atoms with Crippen molar-refractivity contribution in [1.82, 2.24) is 20.0 Å². The standard InChI is InChI=1S/C21H31N5O/c1-17(15-27-16-18-7-5-4-6-8-18)11-23-21(22-2)26-10-9-19(14-26)20-12-24-25(3)13-20/h4-8,12-13,17,19H,9-11,14-16H2,1-3H3,(H,22,23). The van der Waals surface area contributed by atoms with E-state index in [1.54, 1.807) is 0 Å². The molecule has 0 saturated carbocycles. The van der Waals surface area contributed by atoms with Crippen LogP contribution in [0, 0.1) is 5.92 Å². The number of nitrogens with zero attached hydrogens (tertiary/aromatic N) is 4. The predicted molar refractivity (Wildman–Crippen MR) is 109 cm³/mol. The molecule has 2 atom stereocenters. The van der Waals surface area contributed by atoms with Crippen molar-refractivity contribution in [2.75, 3.05) is 33.3 Å². The van der Waals surface area contributed by atoms with Crippen molar-refractivity contribution in [2.24, 2.45) is 18.0 Å². The molecular weight excluding hydrogens is 338 g/mol. The Labute approximate surface area is 162 Å². The molecule has 0 radical (unpaired) electrons. The van der Waals surface area contributed by atoms with Gasteiger partial charge in [0.1, 0.15) is 0 Å². The third-order valence-electron chi connectivity index (χ3n) is 5.02. The molecule has 0 aliphatic carbocycles. The molecule has 1 saturated heterocycles. The summed E-state index contributed by atoms with van der Waals surface area (Å²) in [6, 6.07) is 10.3. The summed E-state index contributed by atoms with van der Waals surface area (Å²) in [6.45, 7) is 6.47. The second-order valence-electron chi connectivity index (χ2n) is 7.41. The van der Waals surface area contributed by atoms with Gasteiger partial charge in [-0.3, -0.25) is 9.67 Å². The van der Waals surface area contributed by atoms with Crippen molar-refractivity contribution >= 4 is 5.96 Å². The Kier molecular flexibility index (Phi) is 6.87. The molecule has 1 fully saturated rings. The van der Waals surface area contributed by atoms with E-state index in [4.69, 9.17) is 4.74 Å². The largest absolute Gasteiger partial charge is 0.376 e. The van der Waals surface area contributed by atoms with Crippen LogP contribution in [0.4, 0.5) is 0 Å². The molecular formula is C21H31N5O. The van der Waals surface area contributed by atoms with Gasteiger partial charge in [0.25, 0.3) is 0 Å². The zero-order chi connectivity index (χ0) is 19.1. The number of likely N-dealkylation sites (tertiary alicyclic amines) is 1. The summed E-state index contributed by atoms with van der Waals surface area (Å²) in [5.41, 5.74) is 2.53.